The van der Waals surface area contributed by atoms with Crippen molar-refractivity contribution in [3.8, 4) is 17.1 Å². The summed E-state index contributed by atoms with van der Waals surface area (Å²) in [7, 11) is 1.63. The van der Waals surface area contributed by atoms with Gasteiger partial charge in [-0.05, 0) is 36.8 Å². The number of fused-ring (bicyclic) bond motifs is 1. The van der Waals surface area contributed by atoms with Gasteiger partial charge < -0.3 is 4.74 Å². The van der Waals surface area contributed by atoms with E-state index in [1.54, 1.807) is 7.11 Å². The molecule has 0 fully saturated rings. The lowest BCUT2D eigenvalue weighted by Crippen LogP contribution is -1.96. The molecule has 0 aliphatic rings. The van der Waals surface area contributed by atoms with Crippen molar-refractivity contribution in [3.63, 3.8) is 0 Å². The molecule has 3 nitrogen and oxygen atoms in total. The Bertz CT molecular complexity index is 836. The zero-order valence-corrected chi connectivity index (χ0v) is 13.9. The number of methoxy groups -OCH3 is 1. The van der Waals surface area contributed by atoms with Gasteiger partial charge in [-0.25, -0.2) is 9.97 Å². The highest BCUT2D eigenvalue weighted by molar-refractivity contribution is 9.10. The van der Waals surface area contributed by atoms with Crippen molar-refractivity contribution in [1.29, 1.82) is 0 Å². The number of para-hydroxylation sites is 1. The van der Waals surface area contributed by atoms with Gasteiger partial charge in [0.25, 0.3) is 0 Å². The zero-order chi connectivity index (χ0) is 15.0. The largest absolute Gasteiger partial charge is 0.496 e. The van der Waals surface area contributed by atoms with Crippen molar-refractivity contribution in [2.45, 2.75) is 6.92 Å². The molecular weight excluding hydrogens is 352 g/mol. The van der Waals surface area contributed by atoms with E-state index in [2.05, 4.69) is 25.9 Å². The Morgan fingerprint density at radius 2 is 1.86 bits per heavy atom. The summed E-state index contributed by atoms with van der Waals surface area (Å²) in [6.45, 7) is 2.00. The average molecular weight is 364 g/mol. The summed E-state index contributed by atoms with van der Waals surface area (Å²) >= 11 is 9.85. The minimum absolute atomic E-state index is 0.441. The molecule has 106 valence electrons. The fourth-order valence-corrected chi connectivity index (χ4v) is 2.77. The van der Waals surface area contributed by atoms with Crippen LogP contribution in [0.25, 0.3) is 22.3 Å². The second-order valence-electron chi connectivity index (χ2n) is 4.61. The smallest absolute Gasteiger partial charge is 0.165 e. The van der Waals surface area contributed by atoms with Gasteiger partial charge in [0.05, 0.1) is 18.2 Å². The van der Waals surface area contributed by atoms with Gasteiger partial charge in [-0.2, -0.15) is 0 Å². The van der Waals surface area contributed by atoms with E-state index in [0.717, 1.165) is 32.3 Å². The summed E-state index contributed by atoms with van der Waals surface area (Å²) < 4.78 is 6.37. The van der Waals surface area contributed by atoms with E-state index in [-0.39, 0.29) is 0 Å². The summed E-state index contributed by atoms with van der Waals surface area (Å²) in [6.07, 6.45) is 0. The van der Waals surface area contributed by atoms with Crippen LogP contribution < -0.4 is 4.74 Å². The zero-order valence-electron chi connectivity index (χ0n) is 11.5. The van der Waals surface area contributed by atoms with E-state index in [1.165, 1.54) is 0 Å². The number of aryl methyl sites for hydroxylation is 1. The summed E-state index contributed by atoms with van der Waals surface area (Å²) in [4.78, 5) is 9.08. The maximum Gasteiger partial charge on any atom is 0.165 e. The first-order valence-corrected chi connectivity index (χ1v) is 7.54. The second kappa shape index (κ2) is 5.62. The minimum Gasteiger partial charge on any atom is -0.496 e. The molecule has 0 amide bonds. The SMILES string of the molecule is COc1ccccc1-c1nc(Cl)c2ccc(Br)c(C)c2n1. The predicted octanol–water partition coefficient (Wildman–Crippen LogP) is 5.03. The van der Waals surface area contributed by atoms with Crippen LogP contribution in [0.4, 0.5) is 0 Å². The lowest BCUT2D eigenvalue weighted by Gasteiger charge is -2.10. The third-order valence-corrected chi connectivity index (χ3v) is 4.50. The lowest BCUT2D eigenvalue weighted by molar-refractivity contribution is 0.416. The number of aromatic nitrogens is 2. The summed E-state index contributed by atoms with van der Waals surface area (Å²) in [5.41, 5.74) is 2.70. The summed E-state index contributed by atoms with van der Waals surface area (Å²) in [5, 5.41) is 1.28. The van der Waals surface area contributed by atoms with Crippen LogP contribution in [0.2, 0.25) is 5.15 Å². The monoisotopic (exact) mass is 362 g/mol. The van der Waals surface area contributed by atoms with Gasteiger partial charge in [0.1, 0.15) is 10.9 Å². The number of hydrogen-bond acceptors (Lipinski definition) is 3. The number of halogens is 2. The molecular formula is C16H12BrClN2O. The Balaban J connectivity index is 2.32. The Labute approximate surface area is 136 Å². The molecule has 3 rings (SSSR count). The Kier molecular flexibility index (Phi) is 3.83. The first kappa shape index (κ1) is 14.3. The van der Waals surface area contributed by atoms with E-state index in [1.807, 2.05) is 43.3 Å². The Morgan fingerprint density at radius 3 is 2.62 bits per heavy atom. The Hall–Kier alpha value is -1.65. The van der Waals surface area contributed by atoms with Crippen molar-refractivity contribution >= 4 is 38.4 Å². The second-order valence-corrected chi connectivity index (χ2v) is 5.82. The van der Waals surface area contributed by atoms with Crippen LogP contribution in [0.3, 0.4) is 0 Å². The van der Waals surface area contributed by atoms with E-state index in [4.69, 9.17) is 16.3 Å². The highest BCUT2D eigenvalue weighted by Gasteiger charge is 2.13. The molecule has 0 aliphatic carbocycles. The number of ether oxygens (including phenoxy) is 1. The van der Waals surface area contributed by atoms with Crippen molar-refractivity contribution in [1.82, 2.24) is 9.97 Å². The maximum absolute atomic E-state index is 6.32. The molecule has 5 heteroatoms. The lowest BCUT2D eigenvalue weighted by atomic mass is 10.1. The van der Waals surface area contributed by atoms with Gasteiger partial charge in [-0.1, -0.05) is 39.7 Å². The first-order valence-electron chi connectivity index (χ1n) is 6.37. The molecule has 0 atom stereocenters. The molecule has 0 aliphatic heterocycles. The third kappa shape index (κ3) is 2.49. The fourth-order valence-electron chi connectivity index (χ4n) is 2.22. The predicted molar refractivity (Wildman–Crippen MR) is 89.0 cm³/mol. The molecule has 2 aromatic carbocycles. The number of hydrogen-bond donors (Lipinski definition) is 0. The molecule has 0 unspecified atom stereocenters. The quantitative estimate of drug-likeness (QED) is 0.599. The maximum atomic E-state index is 6.32. The van der Waals surface area contributed by atoms with E-state index >= 15 is 0 Å². The van der Waals surface area contributed by atoms with Crippen LogP contribution in [0.1, 0.15) is 5.56 Å². The van der Waals surface area contributed by atoms with Crippen molar-refractivity contribution in [2.24, 2.45) is 0 Å². The highest BCUT2D eigenvalue weighted by Crippen LogP contribution is 2.33. The molecule has 1 heterocycles. The van der Waals surface area contributed by atoms with Gasteiger partial charge in [-0.3, -0.25) is 0 Å². The molecule has 0 saturated carbocycles. The van der Waals surface area contributed by atoms with Gasteiger partial charge >= 0.3 is 0 Å². The summed E-state index contributed by atoms with van der Waals surface area (Å²) in [5.74, 6) is 1.28. The van der Waals surface area contributed by atoms with Gasteiger partial charge in [-0.15, -0.1) is 0 Å². The van der Waals surface area contributed by atoms with E-state index in [0.29, 0.717) is 11.0 Å². The molecule has 0 radical (unpaired) electrons. The van der Waals surface area contributed by atoms with E-state index < -0.39 is 0 Å². The number of rotatable bonds is 2. The van der Waals surface area contributed by atoms with Gasteiger partial charge in [0, 0.05) is 9.86 Å². The molecule has 0 saturated heterocycles. The minimum atomic E-state index is 0.441. The van der Waals surface area contributed by atoms with Gasteiger partial charge in [0.15, 0.2) is 5.82 Å². The van der Waals surface area contributed by atoms with E-state index in [9.17, 15) is 0 Å². The van der Waals surface area contributed by atoms with Crippen LogP contribution in [-0.2, 0) is 0 Å². The first-order chi connectivity index (χ1) is 10.1. The van der Waals surface area contributed by atoms with Crippen molar-refractivity contribution in [3.05, 3.63) is 51.6 Å². The van der Waals surface area contributed by atoms with Gasteiger partial charge in [0.2, 0.25) is 0 Å². The molecule has 0 bridgehead atoms. The summed E-state index contributed by atoms with van der Waals surface area (Å²) in [6, 6.07) is 11.5. The normalized spacial score (nSPS) is 10.9. The van der Waals surface area contributed by atoms with Crippen LogP contribution in [-0.4, -0.2) is 17.1 Å². The molecule has 1 aromatic heterocycles. The molecule has 0 spiro atoms. The van der Waals surface area contributed by atoms with Crippen LogP contribution >= 0.6 is 27.5 Å². The number of benzene rings is 2. The van der Waals surface area contributed by atoms with Crippen LogP contribution in [0, 0.1) is 6.92 Å². The number of nitrogens with zero attached hydrogens (tertiary/aromatic N) is 2. The standard InChI is InChI=1S/C16H12BrClN2O/c1-9-12(17)8-7-11-14(9)19-16(20-15(11)18)10-5-3-4-6-13(10)21-2/h3-8H,1-2H3. The Morgan fingerprint density at radius 1 is 1.10 bits per heavy atom. The highest BCUT2D eigenvalue weighted by atomic mass is 79.9. The molecule has 3 aromatic rings. The van der Waals surface area contributed by atoms with Crippen LogP contribution in [0.5, 0.6) is 5.75 Å². The molecule has 0 N–H and O–H groups in total. The topological polar surface area (TPSA) is 35.0 Å². The van der Waals surface area contributed by atoms with Crippen molar-refractivity contribution < 1.29 is 4.74 Å². The van der Waals surface area contributed by atoms with Crippen LogP contribution in [0.15, 0.2) is 40.9 Å². The molecule has 21 heavy (non-hydrogen) atoms. The fraction of sp³-hybridized carbons (Fsp3) is 0.125. The third-order valence-electron chi connectivity index (χ3n) is 3.36. The van der Waals surface area contributed by atoms with Crippen molar-refractivity contribution in [2.75, 3.05) is 7.11 Å². The average Bonchev–Trinajstić information content (AvgIpc) is 2.51.